The first-order chi connectivity index (χ1) is 5.20. The first-order valence-corrected chi connectivity index (χ1v) is 4.23. The molecule has 64 valence electrons. The number of carbonyl (C=O) groups is 1. The smallest absolute Gasteiger partial charge is 0.236 e. The van der Waals surface area contributed by atoms with Crippen LogP contribution in [-0.4, -0.2) is 18.5 Å². The molecule has 0 spiro atoms. The van der Waals surface area contributed by atoms with Gasteiger partial charge in [-0.3, -0.25) is 4.79 Å². The minimum absolute atomic E-state index is 0.0306. The van der Waals surface area contributed by atoms with Gasteiger partial charge < -0.3 is 11.1 Å². The van der Waals surface area contributed by atoms with Crippen molar-refractivity contribution in [2.24, 2.45) is 11.7 Å². The maximum absolute atomic E-state index is 11.0. The Kier molecular flexibility index (Phi) is 2.88. The van der Waals surface area contributed by atoms with Crippen LogP contribution in [0.3, 0.4) is 0 Å². The second-order valence-electron chi connectivity index (χ2n) is 3.33. The van der Waals surface area contributed by atoms with Crippen LogP contribution in [0.4, 0.5) is 0 Å². The highest BCUT2D eigenvalue weighted by Gasteiger charge is 2.18. The van der Waals surface area contributed by atoms with Gasteiger partial charge in [-0.1, -0.05) is 6.42 Å². The maximum Gasteiger partial charge on any atom is 0.236 e. The van der Waals surface area contributed by atoms with Gasteiger partial charge in [-0.15, -0.1) is 0 Å². The fourth-order valence-electron chi connectivity index (χ4n) is 1.10. The predicted octanol–water partition coefficient (Wildman–Crippen LogP) is 0.250. The monoisotopic (exact) mass is 156 g/mol. The van der Waals surface area contributed by atoms with E-state index in [1.807, 2.05) is 0 Å². The average Bonchev–Trinajstić information content (AvgIpc) is 1.83. The highest BCUT2D eigenvalue weighted by molar-refractivity contribution is 5.80. The van der Waals surface area contributed by atoms with Gasteiger partial charge in [0, 0.05) is 6.54 Å². The predicted molar refractivity (Wildman–Crippen MR) is 44.0 cm³/mol. The van der Waals surface area contributed by atoms with Gasteiger partial charge in [0.05, 0.1) is 6.04 Å². The minimum Gasteiger partial charge on any atom is -0.354 e. The van der Waals surface area contributed by atoms with Crippen LogP contribution in [0.1, 0.15) is 26.2 Å². The highest BCUT2D eigenvalue weighted by atomic mass is 16.2. The molecule has 0 radical (unpaired) electrons. The number of nitrogens with one attached hydrogen (secondary N) is 1. The van der Waals surface area contributed by atoms with Crippen LogP contribution >= 0.6 is 0 Å². The van der Waals surface area contributed by atoms with Crippen molar-refractivity contribution in [3.8, 4) is 0 Å². The fourth-order valence-corrected chi connectivity index (χ4v) is 1.10. The SMILES string of the molecule is C[C@@H](N)C(=O)NCC1CCC1. The number of carbonyl (C=O) groups excluding carboxylic acids is 1. The van der Waals surface area contributed by atoms with Gasteiger partial charge in [0.25, 0.3) is 0 Å². The lowest BCUT2D eigenvalue weighted by Gasteiger charge is -2.25. The molecule has 1 aliphatic carbocycles. The Balaban J connectivity index is 2.06. The summed E-state index contributed by atoms with van der Waals surface area (Å²) in [5, 5.41) is 2.82. The van der Waals surface area contributed by atoms with Crippen LogP contribution in [0.5, 0.6) is 0 Å². The van der Waals surface area contributed by atoms with Gasteiger partial charge in [-0.25, -0.2) is 0 Å². The molecular weight excluding hydrogens is 140 g/mol. The summed E-state index contributed by atoms with van der Waals surface area (Å²) in [7, 11) is 0. The molecule has 1 saturated carbocycles. The third-order valence-electron chi connectivity index (χ3n) is 2.20. The largest absolute Gasteiger partial charge is 0.354 e. The van der Waals surface area contributed by atoms with Gasteiger partial charge in [-0.2, -0.15) is 0 Å². The van der Waals surface area contributed by atoms with Crippen LogP contribution in [-0.2, 0) is 4.79 Å². The molecular formula is C8H16N2O. The Hall–Kier alpha value is -0.570. The van der Waals surface area contributed by atoms with Crippen molar-refractivity contribution in [2.75, 3.05) is 6.54 Å². The quantitative estimate of drug-likeness (QED) is 0.615. The van der Waals surface area contributed by atoms with Gasteiger partial charge in [0.15, 0.2) is 0 Å². The Morgan fingerprint density at radius 2 is 2.36 bits per heavy atom. The van der Waals surface area contributed by atoms with E-state index in [2.05, 4.69) is 5.32 Å². The third-order valence-corrected chi connectivity index (χ3v) is 2.20. The lowest BCUT2D eigenvalue weighted by Crippen LogP contribution is -2.41. The number of amides is 1. The zero-order valence-electron chi connectivity index (χ0n) is 6.97. The van der Waals surface area contributed by atoms with Crippen molar-refractivity contribution in [1.82, 2.24) is 5.32 Å². The Morgan fingerprint density at radius 1 is 1.73 bits per heavy atom. The number of hydrogen-bond acceptors (Lipinski definition) is 2. The molecule has 0 aromatic carbocycles. The number of hydrogen-bond donors (Lipinski definition) is 2. The van der Waals surface area contributed by atoms with E-state index in [-0.39, 0.29) is 11.9 Å². The van der Waals surface area contributed by atoms with E-state index in [1.54, 1.807) is 6.92 Å². The first kappa shape index (κ1) is 8.53. The molecule has 1 aliphatic rings. The van der Waals surface area contributed by atoms with Crippen LogP contribution in [0.25, 0.3) is 0 Å². The van der Waals surface area contributed by atoms with Crippen LogP contribution in [0, 0.1) is 5.92 Å². The normalized spacial score (nSPS) is 20.5. The molecule has 1 atom stereocenters. The lowest BCUT2D eigenvalue weighted by molar-refractivity contribution is -0.122. The molecule has 0 saturated heterocycles. The van der Waals surface area contributed by atoms with E-state index in [4.69, 9.17) is 5.73 Å². The molecule has 0 unspecified atom stereocenters. The van der Waals surface area contributed by atoms with E-state index in [0.29, 0.717) is 0 Å². The number of nitrogens with two attached hydrogens (primary N) is 1. The molecule has 0 aromatic rings. The molecule has 3 N–H and O–H groups in total. The summed E-state index contributed by atoms with van der Waals surface area (Å²) in [5.74, 6) is 0.689. The van der Waals surface area contributed by atoms with E-state index < -0.39 is 0 Å². The van der Waals surface area contributed by atoms with Crippen molar-refractivity contribution in [2.45, 2.75) is 32.2 Å². The molecule has 11 heavy (non-hydrogen) atoms. The van der Waals surface area contributed by atoms with Crippen LogP contribution in [0.15, 0.2) is 0 Å². The fraction of sp³-hybridized carbons (Fsp3) is 0.875. The van der Waals surface area contributed by atoms with Gasteiger partial charge in [0.1, 0.15) is 0 Å². The summed E-state index contributed by atoms with van der Waals surface area (Å²) in [6.07, 6.45) is 3.84. The van der Waals surface area contributed by atoms with Crippen LogP contribution in [0.2, 0.25) is 0 Å². The number of rotatable bonds is 3. The van der Waals surface area contributed by atoms with Crippen molar-refractivity contribution in [3.63, 3.8) is 0 Å². The molecule has 3 nitrogen and oxygen atoms in total. The second-order valence-corrected chi connectivity index (χ2v) is 3.33. The molecule has 0 heterocycles. The standard InChI is InChI=1S/C8H16N2O/c1-6(9)8(11)10-5-7-3-2-4-7/h6-7H,2-5,9H2,1H3,(H,10,11)/t6-/m1/s1. The zero-order chi connectivity index (χ0) is 8.27. The van der Waals surface area contributed by atoms with E-state index in [9.17, 15) is 4.79 Å². The summed E-state index contributed by atoms with van der Waals surface area (Å²) in [5.41, 5.74) is 5.37. The van der Waals surface area contributed by atoms with Crippen molar-refractivity contribution < 1.29 is 4.79 Å². The summed E-state index contributed by atoms with van der Waals surface area (Å²) >= 11 is 0. The first-order valence-electron chi connectivity index (χ1n) is 4.23. The Morgan fingerprint density at radius 3 is 2.73 bits per heavy atom. The molecule has 0 aromatic heterocycles. The molecule has 0 bridgehead atoms. The van der Waals surface area contributed by atoms with E-state index in [0.717, 1.165) is 12.5 Å². The molecule has 0 aliphatic heterocycles. The summed E-state index contributed by atoms with van der Waals surface area (Å²) in [4.78, 5) is 11.0. The molecule has 1 fully saturated rings. The molecule has 1 amide bonds. The van der Waals surface area contributed by atoms with Crippen molar-refractivity contribution in [3.05, 3.63) is 0 Å². The molecule has 3 heteroatoms. The summed E-state index contributed by atoms with van der Waals surface area (Å²) in [6.45, 7) is 2.52. The van der Waals surface area contributed by atoms with E-state index in [1.165, 1.54) is 19.3 Å². The summed E-state index contributed by atoms with van der Waals surface area (Å²) < 4.78 is 0. The van der Waals surface area contributed by atoms with Crippen LogP contribution < -0.4 is 11.1 Å². The summed E-state index contributed by atoms with van der Waals surface area (Å²) in [6, 6.07) is -0.366. The van der Waals surface area contributed by atoms with Crippen molar-refractivity contribution in [1.29, 1.82) is 0 Å². The van der Waals surface area contributed by atoms with Gasteiger partial charge >= 0.3 is 0 Å². The third kappa shape index (κ3) is 2.50. The lowest BCUT2D eigenvalue weighted by atomic mass is 9.85. The Bertz CT molecular complexity index is 141. The van der Waals surface area contributed by atoms with Crippen molar-refractivity contribution >= 4 is 5.91 Å². The molecule has 1 rings (SSSR count). The Labute approximate surface area is 67.3 Å². The minimum atomic E-state index is -0.366. The van der Waals surface area contributed by atoms with Gasteiger partial charge in [0.2, 0.25) is 5.91 Å². The highest BCUT2D eigenvalue weighted by Crippen LogP contribution is 2.24. The zero-order valence-corrected chi connectivity index (χ0v) is 6.97. The topological polar surface area (TPSA) is 55.1 Å². The van der Waals surface area contributed by atoms with Gasteiger partial charge in [-0.05, 0) is 25.7 Å². The maximum atomic E-state index is 11.0. The average molecular weight is 156 g/mol. The second kappa shape index (κ2) is 3.72. The van der Waals surface area contributed by atoms with E-state index >= 15 is 0 Å².